The minimum absolute atomic E-state index is 0.000433. The molecule has 2 nitrogen and oxygen atoms in total. The molecule has 5 heteroatoms. The van der Waals surface area contributed by atoms with Gasteiger partial charge in [0, 0.05) is 27.4 Å². The van der Waals surface area contributed by atoms with Crippen molar-refractivity contribution in [1.82, 2.24) is 9.78 Å². The van der Waals surface area contributed by atoms with Crippen LogP contribution in [-0.4, -0.2) is 9.78 Å². The molecule has 0 aliphatic carbocycles. The van der Waals surface area contributed by atoms with Crippen LogP contribution >= 0.6 is 34.8 Å². The van der Waals surface area contributed by atoms with Crippen LogP contribution in [0.25, 0.3) is 0 Å². The van der Waals surface area contributed by atoms with Crippen LogP contribution in [0.3, 0.4) is 0 Å². The number of alkyl halides is 1. The van der Waals surface area contributed by atoms with Gasteiger partial charge in [0.15, 0.2) is 0 Å². The van der Waals surface area contributed by atoms with Crippen LogP contribution in [0.2, 0.25) is 10.0 Å². The Bertz CT molecular complexity index is 517. The lowest BCUT2D eigenvalue weighted by Gasteiger charge is -2.07. The Labute approximate surface area is 121 Å². The molecule has 0 radical (unpaired) electrons. The van der Waals surface area contributed by atoms with Crippen LogP contribution in [-0.2, 0) is 6.54 Å². The van der Waals surface area contributed by atoms with E-state index in [0.29, 0.717) is 16.6 Å². The first-order valence-electron chi connectivity index (χ1n) is 5.71. The molecule has 0 amide bonds. The molecule has 96 valence electrons. The largest absolute Gasteiger partial charge is 0.268 e. The number of nitrogens with zero attached hydrogens (tertiary/aromatic N) is 2. The third kappa shape index (κ3) is 3.00. The maximum atomic E-state index is 6.16. The lowest BCUT2D eigenvalue weighted by Crippen LogP contribution is -2.01. The summed E-state index contributed by atoms with van der Waals surface area (Å²) in [4.78, 5) is 0. The third-order valence-electron chi connectivity index (χ3n) is 2.76. The van der Waals surface area contributed by atoms with Crippen molar-refractivity contribution in [3.63, 3.8) is 0 Å². The molecule has 1 aromatic carbocycles. The van der Waals surface area contributed by atoms with Crippen LogP contribution in [0.15, 0.2) is 30.6 Å². The van der Waals surface area contributed by atoms with Crippen molar-refractivity contribution >= 4 is 34.8 Å². The lowest BCUT2D eigenvalue weighted by atomic mass is 10.2. The van der Waals surface area contributed by atoms with Gasteiger partial charge < -0.3 is 0 Å². The summed E-state index contributed by atoms with van der Waals surface area (Å²) in [5, 5.41) is 5.58. The number of halogens is 3. The van der Waals surface area contributed by atoms with E-state index < -0.39 is 0 Å². The molecule has 1 aromatic heterocycles. The molecule has 0 saturated carbocycles. The Hall–Kier alpha value is -0.700. The summed E-state index contributed by atoms with van der Waals surface area (Å²) in [7, 11) is 0. The van der Waals surface area contributed by atoms with E-state index in [-0.39, 0.29) is 5.38 Å². The first-order valence-corrected chi connectivity index (χ1v) is 6.90. The Morgan fingerprint density at radius 3 is 2.56 bits per heavy atom. The Kier molecular flexibility index (Phi) is 4.55. The van der Waals surface area contributed by atoms with Gasteiger partial charge in [-0.25, -0.2) is 0 Å². The fourth-order valence-electron chi connectivity index (χ4n) is 1.71. The minimum Gasteiger partial charge on any atom is -0.268 e. The number of hydrogen-bond donors (Lipinski definition) is 0. The van der Waals surface area contributed by atoms with Gasteiger partial charge in [-0.3, -0.25) is 4.68 Å². The molecule has 0 N–H and O–H groups in total. The number of rotatable bonds is 4. The molecule has 1 atom stereocenters. The monoisotopic (exact) mass is 302 g/mol. The van der Waals surface area contributed by atoms with E-state index in [9.17, 15) is 0 Å². The van der Waals surface area contributed by atoms with Crippen molar-refractivity contribution < 1.29 is 0 Å². The molecule has 0 fully saturated rings. The highest BCUT2D eigenvalue weighted by atomic mass is 35.5. The quantitative estimate of drug-likeness (QED) is 0.732. The number of hydrogen-bond acceptors (Lipinski definition) is 1. The van der Waals surface area contributed by atoms with Crippen LogP contribution in [0, 0.1) is 0 Å². The highest BCUT2D eigenvalue weighted by molar-refractivity contribution is 6.35. The Morgan fingerprint density at radius 1 is 1.28 bits per heavy atom. The van der Waals surface area contributed by atoms with E-state index >= 15 is 0 Å². The Morgan fingerprint density at radius 2 is 1.94 bits per heavy atom. The van der Waals surface area contributed by atoms with E-state index in [1.807, 2.05) is 31.3 Å². The van der Waals surface area contributed by atoms with Crippen LogP contribution in [0.5, 0.6) is 0 Å². The van der Waals surface area contributed by atoms with Crippen molar-refractivity contribution in [1.29, 1.82) is 0 Å². The standard InChI is InChI=1S/C13H13Cl3N2/c1-2-11(14)9-6-17-18(7-9)8-10-12(15)4-3-5-13(10)16/h3-7,11H,2,8H2,1H3. The van der Waals surface area contributed by atoms with E-state index in [2.05, 4.69) is 5.10 Å². The lowest BCUT2D eigenvalue weighted by molar-refractivity contribution is 0.686. The molecule has 1 heterocycles. The molecule has 2 rings (SSSR count). The van der Waals surface area contributed by atoms with E-state index in [1.165, 1.54) is 0 Å². The number of benzene rings is 1. The molecule has 0 aliphatic rings. The van der Waals surface area contributed by atoms with Crippen LogP contribution in [0.4, 0.5) is 0 Å². The summed E-state index contributed by atoms with van der Waals surface area (Å²) >= 11 is 18.4. The second-order valence-corrected chi connectivity index (χ2v) is 5.39. The molecule has 1 unspecified atom stereocenters. The van der Waals surface area contributed by atoms with Gasteiger partial charge in [0.2, 0.25) is 0 Å². The molecule has 0 bridgehead atoms. The van der Waals surface area contributed by atoms with Gasteiger partial charge in [0.05, 0.1) is 18.1 Å². The number of aromatic nitrogens is 2. The average Bonchev–Trinajstić information content (AvgIpc) is 2.81. The van der Waals surface area contributed by atoms with Gasteiger partial charge >= 0.3 is 0 Å². The smallest absolute Gasteiger partial charge is 0.0688 e. The predicted octanol–water partition coefficient (Wildman–Crippen LogP) is 4.93. The van der Waals surface area contributed by atoms with Gasteiger partial charge in [-0.15, -0.1) is 11.6 Å². The maximum Gasteiger partial charge on any atom is 0.0688 e. The third-order valence-corrected chi connectivity index (χ3v) is 4.02. The summed E-state index contributed by atoms with van der Waals surface area (Å²) < 4.78 is 1.80. The summed E-state index contributed by atoms with van der Waals surface area (Å²) in [6.07, 6.45) is 4.59. The molecular weight excluding hydrogens is 291 g/mol. The van der Waals surface area contributed by atoms with Crippen molar-refractivity contribution in [2.75, 3.05) is 0 Å². The van der Waals surface area contributed by atoms with Crippen LogP contribution < -0.4 is 0 Å². The van der Waals surface area contributed by atoms with Crippen molar-refractivity contribution in [3.8, 4) is 0 Å². The van der Waals surface area contributed by atoms with E-state index in [0.717, 1.165) is 17.5 Å². The van der Waals surface area contributed by atoms with E-state index in [1.54, 1.807) is 10.9 Å². The Balaban J connectivity index is 2.21. The van der Waals surface area contributed by atoms with Crippen molar-refractivity contribution in [2.45, 2.75) is 25.3 Å². The van der Waals surface area contributed by atoms with Gasteiger partial charge in [-0.1, -0.05) is 36.2 Å². The molecule has 0 aliphatic heterocycles. The molecule has 2 aromatic rings. The zero-order valence-corrected chi connectivity index (χ0v) is 12.2. The summed E-state index contributed by atoms with van der Waals surface area (Å²) in [5.41, 5.74) is 1.89. The summed E-state index contributed by atoms with van der Waals surface area (Å²) in [5.74, 6) is 0. The normalized spacial score (nSPS) is 12.7. The first-order chi connectivity index (χ1) is 8.61. The van der Waals surface area contributed by atoms with Gasteiger partial charge in [-0.2, -0.15) is 5.10 Å². The molecule has 18 heavy (non-hydrogen) atoms. The fraction of sp³-hybridized carbons (Fsp3) is 0.308. The molecule has 0 spiro atoms. The zero-order valence-electron chi connectivity index (χ0n) is 9.91. The van der Waals surface area contributed by atoms with Crippen molar-refractivity contribution in [2.24, 2.45) is 0 Å². The molecule has 0 saturated heterocycles. The van der Waals surface area contributed by atoms with Crippen molar-refractivity contribution in [3.05, 3.63) is 51.8 Å². The van der Waals surface area contributed by atoms with Gasteiger partial charge in [-0.05, 0) is 18.6 Å². The van der Waals surface area contributed by atoms with Gasteiger partial charge in [0.25, 0.3) is 0 Å². The zero-order chi connectivity index (χ0) is 13.1. The highest BCUT2D eigenvalue weighted by Crippen LogP contribution is 2.26. The predicted molar refractivity (Wildman–Crippen MR) is 76.7 cm³/mol. The summed E-state index contributed by atoms with van der Waals surface area (Å²) in [6.45, 7) is 2.59. The minimum atomic E-state index is 0.000433. The second-order valence-electron chi connectivity index (χ2n) is 4.05. The van der Waals surface area contributed by atoms with Gasteiger partial charge in [0.1, 0.15) is 0 Å². The fourth-order valence-corrected chi connectivity index (χ4v) is 2.34. The average molecular weight is 304 g/mol. The van der Waals surface area contributed by atoms with Crippen LogP contribution in [0.1, 0.15) is 29.8 Å². The topological polar surface area (TPSA) is 17.8 Å². The molecular formula is C13H13Cl3N2. The first kappa shape index (κ1) is 13.7. The van der Waals surface area contributed by atoms with E-state index in [4.69, 9.17) is 34.8 Å². The SMILES string of the molecule is CCC(Cl)c1cnn(Cc2c(Cl)cccc2Cl)c1. The summed E-state index contributed by atoms with van der Waals surface area (Å²) in [6, 6.07) is 5.47. The maximum absolute atomic E-state index is 6.16. The second kappa shape index (κ2) is 5.96. The highest BCUT2D eigenvalue weighted by Gasteiger charge is 2.10.